The van der Waals surface area contributed by atoms with Crippen LogP contribution in [-0.4, -0.2) is 44.2 Å². The van der Waals surface area contributed by atoms with Gasteiger partial charge in [-0.25, -0.2) is 8.42 Å². The zero-order valence-electron chi connectivity index (χ0n) is 14.9. The maximum Gasteiger partial charge on any atom is 0.263 e. The quantitative estimate of drug-likeness (QED) is 0.892. The number of aliphatic imine (C=N–C) groups is 1. The first-order chi connectivity index (χ1) is 11.8. The Kier molecular flexibility index (Phi) is 4.86. The van der Waals surface area contributed by atoms with Crippen molar-refractivity contribution in [3.05, 3.63) is 29.8 Å². The smallest absolute Gasteiger partial charge is 0.263 e. The molecule has 1 amide bonds. The molecule has 136 valence electrons. The molecule has 0 aliphatic carbocycles. The van der Waals surface area contributed by atoms with Crippen LogP contribution in [0.15, 0.2) is 34.2 Å². The van der Waals surface area contributed by atoms with E-state index in [4.69, 9.17) is 0 Å². The van der Waals surface area contributed by atoms with Gasteiger partial charge in [0.15, 0.2) is 0 Å². The van der Waals surface area contributed by atoms with E-state index >= 15 is 0 Å². The number of amides is 1. The SMILES string of the molecule is CC1CCN(C(=O)[C@@H](N=C2NS(=O)(=O)c3ccccc32)C(C)C)CC1. The number of fused-ring (bicyclic) bond motifs is 1. The van der Waals surface area contributed by atoms with E-state index in [0.717, 1.165) is 25.9 Å². The number of rotatable bonds is 3. The molecule has 2 heterocycles. The maximum absolute atomic E-state index is 12.9. The van der Waals surface area contributed by atoms with Gasteiger partial charge in [-0.05, 0) is 36.8 Å². The highest BCUT2D eigenvalue weighted by Crippen LogP contribution is 2.24. The van der Waals surface area contributed by atoms with Crippen molar-refractivity contribution in [2.75, 3.05) is 13.1 Å². The van der Waals surface area contributed by atoms with Crippen molar-refractivity contribution in [3.63, 3.8) is 0 Å². The number of hydrogen-bond donors (Lipinski definition) is 1. The molecule has 7 heteroatoms. The summed E-state index contributed by atoms with van der Waals surface area (Å²) in [6.07, 6.45) is 2.01. The van der Waals surface area contributed by atoms with Crippen molar-refractivity contribution >= 4 is 21.8 Å². The number of hydrogen-bond acceptors (Lipinski definition) is 4. The van der Waals surface area contributed by atoms with E-state index in [1.54, 1.807) is 24.3 Å². The lowest BCUT2D eigenvalue weighted by atomic mass is 9.97. The second-order valence-corrected chi connectivity index (χ2v) is 8.93. The van der Waals surface area contributed by atoms with Crippen LogP contribution in [0.1, 0.15) is 39.2 Å². The van der Waals surface area contributed by atoms with Crippen molar-refractivity contribution in [2.45, 2.75) is 44.6 Å². The minimum Gasteiger partial charge on any atom is -0.341 e. The van der Waals surface area contributed by atoms with Gasteiger partial charge in [0, 0.05) is 18.7 Å². The molecule has 1 aromatic carbocycles. The number of carbonyl (C=O) groups is 1. The number of sulfonamides is 1. The zero-order chi connectivity index (χ0) is 18.2. The van der Waals surface area contributed by atoms with Crippen LogP contribution in [0.2, 0.25) is 0 Å². The van der Waals surface area contributed by atoms with Gasteiger partial charge in [0.2, 0.25) is 5.91 Å². The first kappa shape index (κ1) is 17.9. The maximum atomic E-state index is 12.9. The fourth-order valence-electron chi connectivity index (χ4n) is 3.27. The monoisotopic (exact) mass is 363 g/mol. The predicted octanol–water partition coefficient (Wildman–Crippen LogP) is 2.01. The number of benzene rings is 1. The van der Waals surface area contributed by atoms with Crippen LogP contribution in [-0.2, 0) is 14.8 Å². The Balaban J connectivity index is 1.90. The van der Waals surface area contributed by atoms with Gasteiger partial charge in [-0.2, -0.15) is 0 Å². The van der Waals surface area contributed by atoms with Gasteiger partial charge in [0.25, 0.3) is 10.0 Å². The predicted molar refractivity (Wildman–Crippen MR) is 96.9 cm³/mol. The molecule has 1 atom stereocenters. The highest BCUT2D eigenvalue weighted by molar-refractivity contribution is 7.90. The summed E-state index contributed by atoms with van der Waals surface area (Å²) in [6, 6.07) is 6.14. The second kappa shape index (κ2) is 6.78. The molecule has 0 radical (unpaired) electrons. The number of amidine groups is 1. The number of nitrogens with zero attached hydrogens (tertiary/aromatic N) is 2. The summed E-state index contributed by atoms with van der Waals surface area (Å²) in [6.45, 7) is 7.57. The Morgan fingerprint density at radius 1 is 1.24 bits per heavy atom. The molecule has 0 saturated carbocycles. The Hall–Kier alpha value is -1.89. The fourth-order valence-corrected chi connectivity index (χ4v) is 4.51. The highest BCUT2D eigenvalue weighted by Gasteiger charge is 2.34. The lowest BCUT2D eigenvalue weighted by molar-refractivity contribution is -0.134. The first-order valence-electron chi connectivity index (χ1n) is 8.78. The third kappa shape index (κ3) is 3.56. The standard InChI is InChI=1S/C18H25N3O3S/c1-12(2)16(18(22)21-10-8-13(3)9-11-21)19-17-14-6-4-5-7-15(14)25(23,24)20-17/h4-7,12-13,16H,8-11H2,1-3H3,(H,19,20)/t16-/m0/s1. The van der Waals surface area contributed by atoms with Gasteiger partial charge in [-0.3, -0.25) is 14.5 Å². The molecule has 2 aliphatic heterocycles. The molecule has 6 nitrogen and oxygen atoms in total. The molecule has 1 aromatic rings. The molecule has 0 bridgehead atoms. The molecule has 25 heavy (non-hydrogen) atoms. The third-order valence-electron chi connectivity index (χ3n) is 4.91. The molecule has 2 aliphatic rings. The van der Waals surface area contributed by atoms with Crippen LogP contribution in [0.5, 0.6) is 0 Å². The van der Waals surface area contributed by atoms with E-state index in [1.165, 1.54) is 0 Å². The molecule has 3 rings (SSSR count). The Bertz CT molecular complexity index is 794. The van der Waals surface area contributed by atoms with E-state index in [9.17, 15) is 13.2 Å². The third-order valence-corrected chi connectivity index (χ3v) is 6.31. The average Bonchev–Trinajstić information content (AvgIpc) is 2.83. The summed E-state index contributed by atoms with van der Waals surface area (Å²) in [5.74, 6) is 0.879. The van der Waals surface area contributed by atoms with Gasteiger partial charge in [-0.1, -0.05) is 32.9 Å². The summed E-state index contributed by atoms with van der Waals surface area (Å²) >= 11 is 0. The van der Waals surface area contributed by atoms with Crippen LogP contribution < -0.4 is 4.72 Å². The number of carbonyl (C=O) groups excluding carboxylic acids is 1. The van der Waals surface area contributed by atoms with Gasteiger partial charge >= 0.3 is 0 Å². The van der Waals surface area contributed by atoms with E-state index < -0.39 is 16.1 Å². The molecule has 1 fully saturated rings. The van der Waals surface area contributed by atoms with Crippen LogP contribution >= 0.6 is 0 Å². The fraction of sp³-hybridized carbons (Fsp3) is 0.556. The van der Waals surface area contributed by atoms with Crippen LogP contribution in [0.4, 0.5) is 0 Å². The van der Waals surface area contributed by atoms with Crippen molar-refractivity contribution in [1.82, 2.24) is 9.62 Å². The van der Waals surface area contributed by atoms with Crippen molar-refractivity contribution in [1.29, 1.82) is 0 Å². The van der Waals surface area contributed by atoms with Gasteiger partial charge in [0.1, 0.15) is 11.9 Å². The Morgan fingerprint density at radius 3 is 2.52 bits per heavy atom. The molecule has 0 spiro atoms. The highest BCUT2D eigenvalue weighted by atomic mass is 32.2. The van der Waals surface area contributed by atoms with E-state index in [2.05, 4.69) is 16.6 Å². The van der Waals surface area contributed by atoms with E-state index in [-0.39, 0.29) is 22.6 Å². The Labute approximate surface area is 149 Å². The van der Waals surface area contributed by atoms with Crippen molar-refractivity contribution in [3.8, 4) is 0 Å². The van der Waals surface area contributed by atoms with Crippen LogP contribution in [0, 0.1) is 11.8 Å². The molecular formula is C18H25N3O3S. The van der Waals surface area contributed by atoms with Crippen LogP contribution in [0.25, 0.3) is 0 Å². The van der Waals surface area contributed by atoms with Crippen molar-refractivity contribution < 1.29 is 13.2 Å². The van der Waals surface area contributed by atoms with Gasteiger partial charge in [0.05, 0.1) is 4.90 Å². The molecular weight excluding hydrogens is 338 g/mol. The lowest BCUT2D eigenvalue weighted by Gasteiger charge is -2.33. The van der Waals surface area contributed by atoms with Gasteiger partial charge in [-0.15, -0.1) is 0 Å². The second-order valence-electron chi connectivity index (χ2n) is 7.28. The van der Waals surface area contributed by atoms with Crippen molar-refractivity contribution in [2.24, 2.45) is 16.8 Å². The number of piperidine rings is 1. The Morgan fingerprint density at radius 2 is 1.88 bits per heavy atom. The minimum absolute atomic E-state index is 0.0158. The van der Waals surface area contributed by atoms with E-state index in [1.807, 2.05) is 18.7 Å². The summed E-state index contributed by atoms with van der Waals surface area (Å²) in [5.41, 5.74) is 0.535. The van der Waals surface area contributed by atoms with Gasteiger partial charge < -0.3 is 4.90 Å². The topological polar surface area (TPSA) is 78.8 Å². The zero-order valence-corrected chi connectivity index (χ0v) is 15.7. The average molecular weight is 363 g/mol. The van der Waals surface area contributed by atoms with E-state index in [0.29, 0.717) is 11.5 Å². The summed E-state index contributed by atoms with van der Waals surface area (Å²) in [5, 5.41) is 0. The largest absolute Gasteiger partial charge is 0.341 e. The molecule has 0 aromatic heterocycles. The summed E-state index contributed by atoms with van der Waals surface area (Å²) in [7, 11) is -3.59. The first-order valence-corrected chi connectivity index (χ1v) is 10.3. The molecule has 1 saturated heterocycles. The molecule has 0 unspecified atom stereocenters. The molecule has 1 N–H and O–H groups in total. The number of nitrogens with one attached hydrogen (secondary N) is 1. The van der Waals surface area contributed by atoms with Crippen LogP contribution in [0.3, 0.4) is 0 Å². The normalized spacial score (nSPS) is 22.7. The number of likely N-dealkylation sites (tertiary alicyclic amines) is 1. The lowest BCUT2D eigenvalue weighted by Crippen LogP contribution is -2.45. The summed E-state index contributed by atoms with van der Waals surface area (Å²) < 4.78 is 27.0. The summed E-state index contributed by atoms with van der Waals surface area (Å²) in [4.78, 5) is 19.6. The minimum atomic E-state index is -3.59.